The lowest BCUT2D eigenvalue weighted by Gasteiger charge is -2.23. The van der Waals surface area contributed by atoms with Crippen LogP contribution < -0.4 is 0 Å². The maximum absolute atomic E-state index is 13.5. The highest BCUT2D eigenvalue weighted by atomic mass is 32.2. The van der Waals surface area contributed by atoms with Gasteiger partial charge in [0.05, 0.1) is 21.2 Å². The summed E-state index contributed by atoms with van der Waals surface area (Å²) in [6.45, 7) is 8.02. The van der Waals surface area contributed by atoms with Crippen LogP contribution in [0, 0.1) is 27.7 Å². The highest BCUT2D eigenvalue weighted by Crippen LogP contribution is 2.34. The van der Waals surface area contributed by atoms with E-state index in [0.717, 1.165) is 26.7 Å². The SMILES string of the molecule is Cc1ccc(Sc2c(C)nn(C(=O)C3CCCN3S(=O)(=O)c3ccc(C)cc3)c2C)cc1. The molecule has 0 N–H and O–H groups in total. The Labute approximate surface area is 193 Å². The quantitative estimate of drug-likeness (QED) is 0.539. The molecule has 0 spiro atoms. The van der Waals surface area contributed by atoms with Crippen molar-refractivity contribution in [3.8, 4) is 0 Å². The van der Waals surface area contributed by atoms with Crippen molar-refractivity contribution in [2.24, 2.45) is 0 Å². The van der Waals surface area contributed by atoms with Crippen LogP contribution in [0.15, 0.2) is 63.2 Å². The zero-order valence-electron chi connectivity index (χ0n) is 18.7. The molecule has 1 atom stereocenters. The Morgan fingerprint density at radius 1 is 0.969 bits per heavy atom. The van der Waals surface area contributed by atoms with Crippen molar-refractivity contribution in [2.45, 2.75) is 61.3 Å². The first-order chi connectivity index (χ1) is 15.2. The van der Waals surface area contributed by atoms with Crippen molar-refractivity contribution in [1.82, 2.24) is 14.1 Å². The molecule has 4 rings (SSSR count). The molecule has 32 heavy (non-hydrogen) atoms. The average Bonchev–Trinajstić information content (AvgIpc) is 3.36. The van der Waals surface area contributed by atoms with E-state index in [2.05, 4.69) is 17.2 Å². The molecular formula is C24H27N3O3S2. The van der Waals surface area contributed by atoms with Gasteiger partial charge in [-0.1, -0.05) is 47.2 Å². The third-order valence-corrected chi connectivity index (χ3v) is 9.02. The molecule has 3 aromatic rings. The van der Waals surface area contributed by atoms with Crippen molar-refractivity contribution in [3.63, 3.8) is 0 Å². The van der Waals surface area contributed by atoms with E-state index in [1.807, 2.05) is 39.8 Å². The summed E-state index contributed by atoms with van der Waals surface area (Å²) in [5, 5.41) is 4.49. The summed E-state index contributed by atoms with van der Waals surface area (Å²) in [4.78, 5) is 15.7. The van der Waals surface area contributed by atoms with Gasteiger partial charge in [-0.15, -0.1) is 0 Å². The molecule has 0 saturated carbocycles. The third-order valence-electron chi connectivity index (χ3n) is 5.79. The number of aromatic nitrogens is 2. The minimum absolute atomic E-state index is 0.215. The second-order valence-electron chi connectivity index (χ2n) is 8.25. The molecule has 0 amide bonds. The van der Waals surface area contributed by atoms with Gasteiger partial charge >= 0.3 is 0 Å². The van der Waals surface area contributed by atoms with Gasteiger partial charge in [0.25, 0.3) is 5.91 Å². The molecule has 0 bridgehead atoms. The number of aryl methyl sites for hydroxylation is 3. The van der Waals surface area contributed by atoms with Crippen LogP contribution in [0.3, 0.4) is 0 Å². The van der Waals surface area contributed by atoms with Crippen LogP contribution >= 0.6 is 11.8 Å². The summed E-state index contributed by atoms with van der Waals surface area (Å²) >= 11 is 1.57. The van der Waals surface area contributed by atoms with Gasteiger partial charge in [0.2, 0.25) is 10.0 Å². The first kappa shape index (κ1) is 22.8. The molecular weight excluding hydrogens is 442 g/mol. The Balaban J connectivity index is 1.62. The van der Waals surface area contributed by atoms with Crippen molar-refractivity contribution in [2.75, 3.05) is 6.54 Å². The Morgan fingerprint density at radius 3 is 2.19 bits per heavy atom. The van der Waals surface area contributed by atoms with E-state index in [-0.39, 0.29) is 10.8 Å². The Morgan fingerprint density at radius 2 is 1.56 bits per heavy atom. The molecule has 1 unspecified atom stereocenters. The van der Waals surface area contributed by atoms with E-state index in [1.54, 1.807) is 36.0 Å². The van der Waals surface area contributed by atoms with E-state index in [1.165, 1.54) is 14.6 Å². The average molecular weight is 470 g/mol. The first-order valence-electron chi connectivity index (χ1n) is 10.6. The molecule has 1 aliphatic rings. The van der Waals surface area contributed by atoms with Gasteiger partial charge < -0.3 is 0 Å². The molecule has 6 nitrogen and oxygen atoms in total. The smallest absolute Gasteiger partial charge is 0.265 e. The van der Waals surface area contributed by atoms with Crippen LogP contribution in [-0.2, 0) is 10.0 Å². The number of benzene rings is 2. The molecule has 1 aliphatic heterocycles. The molecule has 0 aliphatic carbocycles. The van der Waals surface area contributed by atoms with Gasteiger partial charge in [0.1, 0.15) is 6.04 Å². The first-order valence-corrected chi connectivity index (χ1v) is 12.9. The molecule has 1 fully saturated rings. The number of nitrogens with zero attached hydrogens (tertiary/aromatic N) is 3. The predicted molar refractivity (Wildman–Crippen MR) is 126 cm³/mol. The molecule has 8 heteroatoms. The minimum atomic E-state index is -3.76. The normalized spacial score (nSPS) is 17.1. The number of hydrogen-bond donors (Lipinski definition) is 0. The maximum atomic E-state index is 13.5. The lowest BCUT2D eigenvalue weighted by Crippen LogP contribution is -2.43. The molecule has 168 valence electrons. The largest absolute Gasteiger partial charge is 0.271 e. The molecule has 1 saturated heterocycles. The van der Waals surface area contributed by atoms with Crippen LogP contribution in [0.5, 0.6) is 0 Å². The van der Waals surface area contributed by atoms with Gasteiger partial charge in [-0.05, 0) is 64.8 Å². The Kier molecular flexibility index (Phi) is 6.29. The predicted octanol–water partition coefficient (Wildman–Crippen LogP) is 4.76. The van der Waals surface area contributed by atoms with Gasteiger partial charge in [0, 0.05) is 11.4 Å². The second kappa shape index (κ2) is 8.84. The molecule has 0 radical (unpaired) electrons. The molecule has 2 heterocycles. The summed E-state index contributed by atoms with van der Waals surface area (Å²) in [6.07, 6.45) is 1.13. The standard InChI is InChI=1S/C24H27N3O3S2/c1-16-7-11-20(12-8-16)31-23-18(3)25-27(19(23)4)24(28)22-6-5-15-26(22)32(29,30)21-13-9-17(2)10-14-21/h7-14,22H,5-6,15H2,1-4H3. The minimum Gasteiger partial charge on any atom is -0.271 e. The van der Waals surface area contributed by atoms with E-state index in [9.17, 15) is 13.2 Å². The summed E-state index contributed by atoms with van der Waals surface area (Å²) in [5.74, 6) is -0.297. The summed E-state index contributed by atoms with van der Waals surface area (Å²) in [7, 11) is -3.76. The van der Waals surface area contributed by atoms with Gasteiger partial charge in [0.15, 0.2) is 0 Å². The number of carbonyl (C=O) groups is 1. The number of hydrogen-bond acceptors (Lipinski definition) is 5. The Bertz CT molecular complexity index is 1250. The van der Waals surface area contributed by atoms with Crippen LogP contribution in [0.4, 0.5) is 0 Å². The fourth-order valence-corrected chi connectivity index (χ4v) is 6.56. The number of carbonyl (C=O) groups excluding carboxylic acids is 1. The van der Waals surface area contributed by atoms with Gasteiger partial charge in [-0.2, -0.15) is 9.40 Å². The third kappa shape index (κ3) is 4.27. The maximum Gasteiger partial charge on any atom is 0.265 e. The van der Waals surface area contributed by atoms with Crippen molar-refractivity contribution < 1.29 is 13.2 Å². The zero-order chi connectivity index (χ0) is 23.0. The molecule has 1 aromatic heterocycles. The summed E-state index contributed by atoms with van der Waals surface area (Å²) in [5.41, 5.74) is 3.66. The summed E-state index contributed by atoms with van der Waals surface area (Å²) < 4.78 is 29.2. The number of rotatable bonds is 5. The van der Waals surface area contributed by atoms with Crippen molar-refractivity contribution in [3.05, 3.63) is 71.0 Å². The summed E-state index contributed by atoms with van der Waals surface area (Å²) in [6, 6.07) is 14.2. The Hall–Kier alpha value is -2.42. The monoisotopic (exact) mass is 469 g/mol. The van der Waals surface area contributed by atoms with E-state index >= 15 is 0 Å². The lowest BCUT2D eigenvalue weighted by molar-refractivity contribution is 0.0813. The fourth-order valence-electron chi connectivity index (χ4n) is 3.98. The van der Waals surface area contributed by atoms with Crippen LogP contribution in [0.2, 0.25) is 0 Å². The van der Waals surface area contributed by atoms with Crippen LogP contribution in [0.1, 0.15) is 40.2 Å². The zero-order valence-corrected chi connectivity index (χ0v) is 20.3. The van der Waals surface area contributed by atoms with E-state index < -0.39 is 16.1 Å². The fraction of sp³-hybridized carbons (Fsp3) is 0.333. The van der Waals surface area contributed by atoms with Crippen LogP contribution in [0.25, 0.3) is 0 Å². The van der Waals surface area contributed by atoms with E-state index in [4.69, 9.17) is 0 Å². The van der Waals surface area contributed by atoms with Gasteiger partial charge in [-0.3, -0.25) is 4.79 Å². The van der Waals surface area contributed by atoms with Gasteiger partial charge in [-0.25, -0.2) is 13.1 Å². The van der Waals surface area contributed by atoms with Crippen LogP contribution in [-0.4, -0.2) is 41.0 Å². The second-order valence-corrected chi connectivity index (χ2v) is 11.2. The molecule has 2 aromatic carbocycles. The lowest BCUT2D eigenvalue weighted by atomic mass is 10.2. The van der Waals surface area contributed by atoms with E-state index in [0.29, 0.717) is 19.4 Å². The topological polar surface area (TPSA) is 72.3 Å². The highest BCUT2D eigenvalue weighted by Gasteiger charge is 2.41. The van der Waals surface area contributed by atoms with Crippen molar-refractivity contribution in [1.29, 1.82) is 0 Å². The number of sulfonamides is 1. The van der Waals surface area contributed by atoms with Crippen molar-refractivity contribution >= 4 is 27.7 Å². The highest BCUT2D eigenvalue weighted by molar-refractivity contribution is 7.99.